The zero-order valence-corrected chi connectivity index (χ0v) is 12.3. The quantitative estimate of drug-likeness (QED) is 0.944. The molecule has 1 aromatic heterocycles. The number of pyridine rings is 1. The number of aromatic nitrogens is 1. The van der Waals surface area contributed by atoms with Crippen LogP contribution in [0.2, 0.25) is 0 Å². The lowest BCUT2D eigenvalue weighted by Crippen LogP contribution is -2.36. The third-order valence-corrected chi connectivity index (χ3v) is 3.55. The minimum absolute atomic E-state index is 0.0305. The summed E-state index contributed by atoms with van der Waals surface area (Å²) in [5, 5.41) is 2.55. The molecule has 0 bridgehead atoms. The van der Waals surface area contributed by atoms with Gasteiger partial charge in [-0.15, -0.1) is 0 Å². The molecule has 1 N–H and O–H groups in total. The molecule has 0 unspecified atom stereocenters. The highest BCUT2D eigenvalue weighted by atomic mass is 19.2. The molecule has 0 aliphatic carbocycles. The first-order valence-electron chi connectivity index (χ1n) is 7.18. The molecule has 0 saturated carbocycles. The van der Waals surface area contributed by atoms with Gasteiger partial charge in [0.1, 0.15) is 5.82 Å². The van der Waals surface area contributed by atoms with Crippen LogP contribution < -0.4 is 10.2 Å². The second-order valence-corrected chi connectivity index (χ2v) is 5.08. The van der Waals surface area contributed by atoms with E-state index in [9.17, 15) is 13.6 Å². The van der Waals surface area contributed by atoms with Gasteiger partial charge in [-0.25, -0.2) is 13.8 Å². The van der Waals surface area contributed by atoms with E-state index in [2.05, 4.69) is 15.2 Å². The lowest BCUT2D eigenvalue weighted by molar-refractivity contribution is 0.102. The molecule has 5 nitrogen and oxygen atoms in total. The van der Waals surface area contributed by atoms with Crippen molar-refractivity contribution in [2.24, 2.45) is 0 Å². The molecule has 1 saturated heterocycles. The van der Waals surface area contributed by atoms with Crippen LogP contribution in [-0.4, -0.2) is 37.2 Å². The average Bonchev–Trinajstić information content (AvgIpc) is 2.59. The number of hydrogen-bond donors (Lipinski definition) is 1. The lowest BCUT2D eigenvalue weighted by atomic mass is 10.2. The van der Waals surface area contributed by atoms with Crippen molar-refractivity contribution in [3.05, 3.63) is 53.7 Å². The van der Waals surface area contributed by atoms with Crippen LogP contribution in [0.15, 0.2) is 36.5 Å². The van der Waals surface area contributed by atoms with Crippen molar-refractivity contribution in [3.8, 4) is 0 Å². The molecule has 1 fully saturated rings. The Labute approximate surface area is 131 Å². The summed E-state index contributed by atoms with van der Waals surface area (Å²) in [6.07, 6.45) is 1.66. The monoisotopic (exact) mass is 319 g/mol. The van der Waals surface area contributed by atoms with Crippen molar-refractivity contribution in [1.29, 1.82) is 0 Å². The molecule has 3 rings (SSSR count). The Bertz CT molecular complexity index is 701. The van der Waals surface area contributed by atoms with Crippen molar-refractivity contribution in [3.63, 3.8) is 0 Å². The van der Waals surface area contributed by atoms with Gasteiger partial charge in [-0.2, -0.15) is 0 Å². The number of halogens is 2. The predicted molar refractivity (Wildman–Crippen MR) is 81.6 cm³/mol. The van der Waals surface area contributed by atoms with Gasteiger partial charge in [0.25, 0.3) is 5.91 Å². The van der Waals surface area contributed by atoms with Crippen molar-refractivity contribution in [2.75, 3.05) is 36.5 Å². The van der Waals surface area contributed by atoms with Crippen LogP contribution >= 0.6 is 0 Å². The van der Waals surface area contributed by atoms with Crippen LogP contribution in [-0.2, 0) is 4.74 Å². The maximum absolute atomic E-state index is 13.2. The van der Waals surface area contributed by atoms with Crippen molar-refractivity contribution in [1.82, 2.24) is 4.98 Å². The number of ether oxygens (including phenoxy) is 1. The number of rotatable bonds is 3. The van der Waals surface area contributed by atoms with E-state index in [0.29, 0.717) is 19.0 Å². The SMILES string of the molecule is O=C(Nc1ccc(N2CCOCC2)cn1)c1ccc(F)c(F)c1. The zero-order chi connectivity index (χ0) is 16.2. The summed E-state index contributed by atoms with van der Waals surface area (Å²) >= 11 is 0. The fourth-order valence-electron chi connectivity index (χ4n) is 2.29. The molecular weight excluding hydrogens is 304 g/mol. The van der Waals surface area contributed by atoms with E-state index >= 15 is 0 Å². The fourth-order valence-corrected chi connectivity index (χ4v) is 2.29. The highest BCUT2D eigenvalue weighted by Gasteiger charge is 2.13. The Hall–Kier alpha value is -2.54. The molecule has 7 heteroatoms. The van der Waals surface area contributed by atoms with Crippen LogP contribution in [0.3, 0.4) is 0 Å². The molecule has 0 spiro atoms. The Morgan fingerprint density at radius 3 is 2.57 bits per heavy atom. The molecule has 2 heterocycles. The first kappa shape index (κ1) is 15.4. The van der Waals surface area contributed by atoms with Crippen LogP contribution in [0.4, 0.5) is 20.3 Å². The van der Waals surface area contributed by atoms with Crippen LogP contribution in [0.5, 0.6) is 0 Å². The Balaban J connectivity index is 1.67. The minimum Gasteiger partial charge on any atom is -0.378 e. The van der Waals surface area contributed by atoms with E-state index in [4.69, 9.17) is 4.74 Å². The van der Waals surface area contributed by atoms with Gasteiger partial charge in [0.2, 0.25) is 0 Å². The largest absolute Gasteiger partial charge is 0.378 e. The number of morpholine rings is 1. The molecule has 0 radical (unpaired) electrons. The third kappa shape index (κ3) is 3.62. The summed E-state index contributed by atoms with van der Waals surface area (Å²) in [5.74, 6) is -2.25. The summed E-state index contributed by atoms with van der Waals surface area (Å²) in [5.41, 5.74) is 0.974. The number of nitrogens with zero attached hydrogens (tertiary/aromatic N) is 2. The number of carbonyl (C=O) groups excluding carboxylic acids is 1. The Morgan fingerprint density at radius 1 is 1.13 bits per heavy atom. The molecule has 1 aliphatic rings. The van der Waals surface area contributed by atoms with Crippen molar-refractivity contribution < 1.29 is 18.3 Å². The number of amides is 1. The fraction of sp³-hybridized carbons (Fsp3) is 0.250. The second kappa shape index (κ2) is 6.70. The zero-order valence-electron chi connectivity index (χ0n) is 12.3. The molecule has 0 atom stereocenters. The normalized spacial score (nSPS) is 14.6. The van der Waals surface area contributed by atoms with E-state index < -0.39 is 17.5 Å². The topological polar surface area (TPSA) is 54.5 Å². The Morgan fingerprint density at radius 2 is 1.91 bits per heavy atom. The molecule has 1 amide bonds. The maximum Gasteiger partial charge on any atom is 0.256 e. The van der Waals surface area contributed by atoms with Gasteiger partial charge in [0, 0.05) is 18.7 Å². The van der Waals surface area contributed by atoms with E-state index in [1.165, 1.54) is 6.07 Å². The number of nitrogens with one attached hydrogen (secondary N) is 1. The predicted octanol–water partition coefficient (Wildman–Crippen LogP) is 2.45. The summed E-state index contributed by atoms with van der Waals surface area (Å²) < 4.78 is 31.3. The van der Waals surface area contributed by atoms with E-state index in [0.717, 1.165) is 30.9 Å². The molecule has 23 heavy (non-hydrogen) atoms. The van der Waals surface area contributed by atoms with Crippen molar-refractivity contribution in [2.45, 2.75) is 0 Å². The third-order valence-electron chi connectivity index (χ3n) is 3.55. The summed E-state index contributed by atoms with van der Waals surface area (Å²) in [7, 11) is 0. The first-order valence-corrected chi connectivity index (χ1v) is 7.18. The maximum atomic E-state index is 13.2. The van der Waals surface area contributed by atoms with E-state index in [-0.39, 0.29) is 5.56 Å². The van der Waals surface area contributed by atoms with Crippen molar-refractivity contribution >= 4 is 17.4 Å². The van der Waals surface area contributed by atoms with Crippen LogP contribution in [0, 0.1) is 11.6 Å². The van der Waals surface area contributed by atoms with E-state index in [1.807, 2.05) is 6.07 Å². The highest BCUT2D eigenvalue weighted by molar-refractivity contribution is 6.03. The first-order chi connectivity index (χ1) is 11.1. The van der Waals surface area contributed by atoms with Crippen LogP contribution in [0.25, 0.3) is 0 Å². The highest BCUT2D eigenvalue weighted by Crippen LogP contribution is 2.17. The number of benzene rings is 1. The number of carbonyl (C=O) groups is 1. The van der Waals surface area contributed by atoms with E-state index in [1.54, 1.807) is 12.3 Å². The van der Waals surface area contributed by atoms with Gasteiger partial charge in [0.15, 0.2) is 11.6 Å². The number of hydrogen-bond acceptors (Lipinski definition) is 4. The molecule has 120 valence electrons. The minimum atomic E-state index is -1.06. The van der Waals surface area contributed by atoms with Gasteiger partial charge in [-0.3, -0.25) is 4.79 Å². The van der Waals surface area contributed by atoms with Gasteiger partial charge >= 0.3 is 0 Å². The Kier molecular flexibility index (Phi) is 4.47. The summed E-state index contributed by atoms with van der Waals surface area (Å²) in [6.45, 7) is 2.94. The van der Waals surface area contributed by atoms with Crippen LogP contribution in [0.1, 0.15) is 10.4 Å². The smallest absolute Gasteiger partial charge is 0.256 e. The van der Waals surface area contributed by atoms with Gasteiger partial charge < -0.3 is 15.0 Å². The van der Waals surface area contributed by atoms with Gasteiger partial charge in [-0.1, -0.05) is 0 Å². The van der Waals surface area contributed by atoms with Gasteiger partial charge in [0.05, 0.1) is 25.1 Å². The standard InChI is InChI=1S/C16H15F2N3O2/c17-13-3-1-11(9-14(13)18)16(22)20-15-4-2-12(10-19-15)21-5-7-23-8-6-21/h1-4,9-10H,5-8H2,(H,19,20,22). The summed E-state index contributed by atoms with van der Waals surface area (Å²) in [6, 6.07) is 6.50. The average molecular weight is 319 g/mol. The summed E-state index contributed by atoms with van der Waals surface area (Å²) in [4.78, 5) is 18.3. The van der Waals surface area contributed by atoms with Gasteiger partial charge in [-0.05, 0) is 30.3 Å². The second-order valence-electron chi connectivity index (χ2n) is 5.08. The number of anilines is 2. The molecule has 1 aliphatic heterocycles. The lowest BCUT2D eigenvalue weighted by Gasteiger charge is -2.28. The molecular formula is C16H15F2N3O2. The molecule has 1 aromatic carbocycles. The molecule has 2 aromatic rings.